The Balaban J connectivity index is 2.75. The molecule has 0 saturated heterocycles. The third-order valence-electron chi connectivity index (χ3n) is 4.55. The highest BCUT2D eigenvalue weighted by molar-refractivity contribution is 5.81. The lowest BCUT2D eigenvalue weighted by molar-refractivity contribution is -0.127. The molecule has 94 valence electrons. The van der Waals surface area contributed by atoms with E-state index in [1.54, 1.807) is 14.0 Å². The number of rotatable bonds is 6. The highest BCUT2D eigenvalue weighted by atomic mass is 16.5. The normalized spacial score (nSPS) is 19.6. The van der Waals surface area contributed by atoms with E-state index in [9.17, 15) is 4.79 Å². The third-order valence-corrected chi connectivity index (χ3v) is 4.55. The summed E-state index contributed by atoms with van der Waals surface area (Å²) in [4.78, 5) is 11.6. The first-order valence-corrected chi connectivity index (χ1v) is 6.17. The molecule has 1 rings (SSSR count). The first-order valence-electron chi connectivity index (χ1n) is 6.17. The predicted molar refractivity (Wildman–Crippen MR) is 66.4 cm³/mol. The summed E-state index contributed by atoms with van der Waals surface area (Å²) in [5.74, 6) is 0.286. The summed E-state index contributed by atoms with van der Waals surface area (Å²) in [6.07, 6.45) is 3.42. The Morgan fingerprint density at radius 1 is 1.25 bits per heavy atom. The molecule has 0 aromatic carbocycles. The van der Waals surface area contributed by atoms with Crippen LogP contribution in [0.5, 0.6) is 0 Å². The SMILES string of the molecule is COCC1(C(C)(C)CC(C)(C)C(C)=O)CC1. The predicted octanol–water partition coefficient (Wildman–Crippen LogP) is 3.44. The summed E-state index contributed by atoms with van der Waals surface area (Å²) in [6, 6.07) is 0. The van der Waals surface area contributed by atoms with Gasteiger partial charge < -0.3 is 4.74 Å². The number of ether oxygens (including phenoxy) is 1. The lowest BCUT2D eigenvalue weighted by atomic mass is 9.65. The molecule has 2 heteroatoms. The van der Waals surface area contributed by atoms with Crippen LogP contribution in [0, 0.1) is 16.2 Å². The second-order valence-corrected chi connectivity index (χ2v) is 6.71. The van der Waals surface area contributed by atoms with Crippen molar-refractivity contribution in [2.75, 3.05) is 13.7 Å². The van der Waals surface area contributed by atoms with Crippen molar-refractivity contribution in [3.05, 3.63) is 0 Å². The Kier molecular flexibility index (Phi) is 3.54. The maximum Gasteiger partial charge on any atom is 0.135 e. The summed E-state index contributed by atoms with van der Waals surface area (Å²) < 4.78 is 5.35. The molecule has 0 N–H and O–H groups in total. The molecule has 0 aromatic heterocycles. The van der Waals surface area contributed by atoms with Crippen LogP contribution in [-0.2, 0) is 9.53 Å². The first kappa shape index (κ1) is 13.7. The van der Waals surface area contributed by atoms with Crippen LogP contribution < -0.4 is 0 Å². The van der Waals surface area contributed by atoms with Crippen molar-refractivity contribution < 1.29 is 9.53 Å². The molecule has 0 aliphatic heterocycles. The van der Waals surface area contributed by atoms with Gasteiger partial charge in [-0.3, -0.25) is 4.79 Å². The fraction of sp³-hybridized carbons (Fsp3) is 0.929. The number of ketones is 1. The van der Waals surface area contributed by atoms with Crippen LogP contribution >= 0.6 is 0 Å². The number of methoxy groups -OCH3 is 1. The Hall–Kier alpha value is -0.370. The van der Waals surface area contributed by atoms with Crippen LogP contribution in [0.25, 0.3) is 0 Å². The van der Waals surface area contributed by atoms with E-state index in [0.717, 1.165) is 13.0 Å². The minimum Gasteiger partial charge on any atom is -0.384 e. The number of hydrogen-bond acceptors (Lipinski definition) is 2. The smallest absolute Gasteiger partial charge is 0.135 e. The Bertz CT molecular complexity index is 272. The topological polar surface area (TPSA) is 26.3 Å². The zero-order valence-corrected chi connectivity index (χ0v) is 11.6. The van der Waals surface area contributed by atoms with Crippen molar-refractivity contribution in [2.45, 2.75) is 53.9 Å². The molecule has 1 saturated carbocycles. The van der Waals surface area contributed by atoms with Crippen LogP contribution in [0.1, 0.15) is 53.9 Å². The largest absolute Gasteiger partial charge is 0.384 e. The zero-order chi connectivity index (χ0) is 12.6. The third kappa shape index (κ3) is 2.48. The quantitative estimate of drug-likeness (QED) is 0.693. The van der Waals surface area contributed by atoms with Gasteiger partial charge in [-0.2, -0.15) is 0 Å². The lowest BCUT2D eigenvalue weighted by Crippen LogP contribution is -2.37. The van der Waals surface area contributed by atoms with Gasteiger partial charge in [-0.25, -0.2) is 0 Å². The molecule has 0 atom stereocenters. The molecule has 1 aliphatic rings. The minimum absolute atomic E-state index is 0.179. The molecule has 0 bridgehead atoms. The van der Waals surface area contributed by atoms with E-state index in [1.165, 1.54) is 12.8 Å². The highest BCUT2D eigenvalue weighted by Crippen LogP contribution is 2.61. The number of Topliss-reactive ketones (excluding diaryl/α,β-unsaturated/α-hetero) is 1. The molecule has 16 heavy (non-hydrogen) atoms. The molecule has 0 spiro atoms. The van der Waals surface area contributed by atoms with Crippen molar-refractivity contribution >= 4 is 5.78 Å². The fourth-order valence-corrected chi connectivity index (χ4v) is 2.86. The van der Waals surface area contributed by atoms with E-state index in [-0.39, 0.29) is 16.6 Å². The van der Waals surface area contributed by atoms with E-state index in [0.29, 0.717) is 5.41 Å². The van der Waals surface area contributed by atoms with E-state index < -0.39 is 0 Å². The maximum atomic E-state index is 11.6. The summed E-state index contributed by atoms with van der Waals surface area (Å²) >= 11 is 0. The van der Waals surface area contributed by atoms with Gasteiger partial charge in [0.1, 0.15) is 5.78 Å². The maximum absolute atomic E-state index is 11.6. The first-order chi connectivity index (χ1) is 7.17. The molecule has 0 heterocycles. The van der Waals surface area contributed by atoms with Crippen LogP contribution in [0.2, 0.25) is 0 Å². The van der Waals surface area contributed by atoms with Gasteiger partial charge in [0.2, 0.25) is 0 Å². The van der Waals surface area contributed by atoms with Gasteiger partial charge in [0, 0.05) is 12.5 Å². The number of carbonyl (C=O) groups excluding carboxylic acids is 1. The van der Waals surface area contributed by atoms with Gasteiger partial charge in [0.05, 0.1) is 6.61 Å². The average molecular weight is 226 g/mol. The van der Waals surface area contributed by atoms with Gasteiger partial charge >= 0.3 is 0 Å². The second kappa shape index (κ2) is 4.14. The van der Waals surface area contributed by atoms with Crippen LogP contribution in [0.4, 0.5) is 0 Å². The fourth-order valence-electron chi connectivity index (χ4n) is 2.86. The van der Waals surface area contributed by atoms with Gasteiger partial charge in [-0.1, -0.05) is 27.7 Å². The van der Waals surface area contributed by atoms with E-state index in [2.05, 4.69) is 27.7 Å². The van der Waals surface area contributed by atoms with Crippen LogP contribution in [0.3, 0.4) is 0 Å². The van der Waals surface area contributed by atoms with E-state index in [4.69, 9.17) is 4.74 Å². The summed E-state index contributed by atoms with van der Waals surface area (Å²) in [5, 5.41) is 0. The summed E-state index contributed by atoms with van der Waals surface area (Å²) in [6.45, 7) is 11.2. The second-order valence-electron chi connectivity index (χ2n) is 6.71. The van der Waals surface area contributed by atoms with Crippen LogP contribution in [-0.4, -0.2) is 19.5 Å². The minimum atomic E-state index is -0.215. The summed E-state index contributed by atoms with van der Waals surface area (Å²) in [5.41, 5.74) is 0.277. The Labute approximate surface area is 99.8 Å². The molecular weight excluding hydrogens is 200 g/mol. The summed E-state index contributed by atoms with van der Waals surface area (Å²) in [7, 11) is 1.77. The lowest BCUT2D eigenvalue weighted by Gasteiger charge is -2.40. The van der Waals surface area contributed by atoms with Gasteiger partial charge in [-0.15, -0.1) is 0 Å². The number of hydrogen-bond donors (Lipinski definition) is 0. The number of carbonyl (C=O) groups is 1. The van der Waals surface area contributed by atoms with Crippen molar-refractivity contribution in [1.29, 1.82) is 0 Å². The standard InChI is InChI=1S/C14H26O2/c1-11(15)12(2,3)9-13(4,5)14(7-8-14)10-16-6/h7-10H2,1-6H3. The van der Waals surface area contributed by atoms with E-state index in [1.807, 2.05) is 0 Å². The molecule has 0 aromatic rings. The molecule has 1 aliphatic carbocycles. The molecule has 1 fully saturated rings. The molecule has 0 unspecified atom stereocenters. The van der Waals surface area contributed by atoms with Gasteiger partial charge in [0.15, 0.2) is 0 Å². The van der Waals surface area contributed by atoms with Gasteiger partial charge in [0.25, 0.3) is 0 Å². The van der Waals surface area contributed by atoms with Crippen molar-refractivity contribution in [1.82, 2.24) is 0 Å². The van der Waals surface area contributed by atoms with Crippen molar-refractivity contribution in [3.8, 4) is 0 Å². The highest BCUT2D eigenvalue weighted by Gasteiger charge is 2.55. The monoisotopic (exact) mass is 226 g/mol. The van der Waals surface area contributed by atoms with Crippen molar-refractivity contribution in [2.24, 2.45) is 16.2 Å². The zero-order valence-electron chi connectivity index (χ0n) is 11.6. The molecule has 0 radical (unpaired) electrons. The molecular formula is C14H26O2. The van der Waals surface area contributed by atoms with E-state index >= 15 is 0 Å². The van der Waals surface area contributed by atoms with Crippen LogP contribution in [0.15, 0.2) is 0 Å². The van der Waals surface area contributed by atoms with Crippen molar-refractivity contribution in [3.63, 3.8) is 0 Å². The Morgan fingerprint density at radius 2 is 1.75 bits per heavy atom. The Morgan fingerprint density at radius 3 is 2.06 bits per heavy atom. The molecule has 2 nitrogen and oxygen atoms in total. The molecule has 0 amide bonds. The van der Waals surface area contributed by atoms with Gasteiger partial charge in [-0.05, 0) is 37.0 Å². The average Bonchev–Trinajstić information content (AvgIpc) is 2.84.